The first-order chi connectivity index (χ1) is 7.92. The highest BCUT2D eigenvalue weighted by Gasteiger charge is 2.36. The molecule has 0 radical (unpaired) electrons. The van der Waals surface area contributed by atoms with Crippen molar-refractivity contribution in [2.24, 2.45) is 11.3 Å². The van der Waals surface area contributed by atoms with Crippen LogP contribution < -0.4 is 10.4 Å². The molecule has 1 aliphatic rings. The van der Waals surface area contributed by atoms with Gasteiger partial charge in [-0.2, -0.15) is 0 Å². The van der Waals surface area contributed by atoms with Gasteiger partial charge in [0, 0.05) is 12.5 Å². The Bertz CT molecular complexity index is 413. The van der Waals surface area contributed by atoms with E-state index in [2.05, 4.69) is 25.9 Å². The number of hydrogen-bond donors (Lipinski definition) is 1. The average molecular weight is 253 g/mol. The molecule has 2 atom stereocenters. The normalized spacial score (nSPS) is 30.2. The molecule has 1 heterocycles. The van der Waals surface area contributed by atoms with E-state index in [0.717, 1.165) is 11.8 Å². The maximum atomic E-state index is 12.6. The molecule has 1 saturated heterocycles. The third kappa shape index (κ3) is 2.79. The molecule has 4 heteroatoms. The van der Waals surface area contributed by atoms with Crippen LogP contribution in [0.3, 0.4) is 0 Å². The van der Waals surface area contributed by atoms with Crippen LogP contribution >= 0.6 is 7.52 Å². The summed E-state index contributed by atoms with van der Waals surface area (Å²) >= 11 is 0. The molecule has 0 bridgehead atoms. The van der Waals surface area contributed by atoms with E-state index in [4.69, 9.17) is 4.52 Å². The third-order valence-electron chi connectivity index (χ3n) is 3.32. The molecule has 0 amide bonds. The zero-order valence-electron chi connectivity index (χ0n) is 10.6. The highest BCUT2D eigenvalue weighted by Crippen LogP contribution is 2.46. The Hall–Kier alpha value is -0.630. The van der Waals surface area contributed by atoms with Crippen molar-refractivity contribution in [1.82, 2.24) is 5.09 Å². The summed E-state index contributed by atoms with van der Waals surface area (Å²) in [6.45, 7) is 7.85. The van der Waals surface area contributed by atoms with Gasteiger partial charge in [-0.1, -0.05) is 39.0 Å². The molecule has 1 aromatic rings. The average Bonchev–Trinajstić information content (AvgIpc) is 2.29. The lowest BCUT2D eigenvalue weighted by molar-refractivity contribution is 0.130. The third-order valence-corrected chi connectivity index (χ3v) is 5.41. The molecule has 2 rings (SSSR count). The van der Waals surface area contributed by atoms with Gasteiger partial charge in [0.15, 0.2) is 0 Å². The van der Waals surface area contributed by atoms with Gasteiger partial charge < -0.3 is 4.52 Å². The zero-order chi connectivity index (χ0) is 12.5. The van der Waals surface area contributed by atoms with Crippen molar-refractivity contribution in [3.05, 3.63) is 30.3 Å². The summed E-state index contributed by atoms with van der Waals surface area (Å²) in [6, 6.07) is 9.39. The smallest absolute Gasteiger partial charge is 0.299 e. The topological polar surface area (TPSA) is 38.3 Å². The van der Waals surface area contributed by atoms with Crippen molar-refractivity contribution >= 4 is 12.8 Å². The van der Waals surface area contributed by atoms with Crippen LogP contribution in [0.1, 0.15) is 20.8 Å². The molecular weight excluding hydrogens is 233 g/mol. The predicted octanol–water partition coefficient (Wildman–Crippen LogP) is 2.79. The molecule has 1 fully saturated rings. The van der Waals surface area contributed by atoms with Crippen molar-refractivity contribution in [3.8, 4) is 0 Å². The molecule has 3 nitrogen and oxygen atoms in total. The van der Waals surface area contributed by atoms with Gasteiger partial charge in [-0.3, -0.25) is 4.57 Å². The first-order valence-electron chi connectivity index (χ1n) is 5.97. The number of benzene rings is 1. The predicted molar refractivity (Wildman–Crippen MR) is 70.6 cm³/mol. The lowest BCUT2D eigenvalue weighted by atomic mass is 9.81. The van der Waals surface area contributed by atoms with Crippen LogP contribution in [0.15, 0.2) is 30.3 Å². The van der Waals surface area contributed by atoms with E-state index in [9.17, 15) is 4.57 Å². The molecule has 0 spiro atoms. The summed E-state index contributed by atoms with van der Waals surface area (Å²) in [4.78, 5) is 0. The van der Waals surface area contributed by atoms with Crippen molar-refractivity contribution in [2.45, 2.75) is 20.8 Å². The van der Waals surface area contributed by atoms with Gasteiger partial charge >= 0.3 is 0 Å². The lowest BCUT2D eigenvalue weighted by Crippen LogP contribution is -2.40. The Balaban J connectivity index is 2.11. The van der Waals surface area contributed by atoms with Crippen molar-refractivity contribution in [3.63, 3.8) is 0 Å². The first-order valence-corrected chi connectivity index (χ1v) is 7.60. The van der Waals surface area contributed by atoms with E-state index in [1.165, 1.54) is 0 Å². The first kappa shape index (κ1) is 12.8. The Morgan fingerprint density at radius 3 is 2.41 bits per heavy atom. The quantitative estimate of drug-likeness (QED) is 0.782. The summed E-state index contributed by atoms with van der Waals surface area (Å²) in [5, 5.41) is 3.86. The van der Waals surface area contributed by atoms with E-state index in [0.29, 0.717) is 12.5 Å². The monoisotopic (exact) mass is 253 g/mol. The van der Waals surface area contributed by atoms with Crippen LogP contribution in [-0.4, -0.2) is 13.2 Å². The molecule has 94 valence electrons. The van der Waals surface area contributed by atoms with Gasteiger partial charge in [0.2, 0.25) is 0 Å². The maximum Gasteiger partial charge on any atom is 0.299 e. The Kier molecular flexibility index (Phi) is 3.44. The zero-order valence-corrected chi connectivity index (χ0v) is 11.5. The Morgan fingerprint density at radius 2 is 1.94 bits per heavy atom. The van der Waals surface area contributed by atoms with Crippen LogP contribution in [0.5, 0.6) is 0 Å². The van der Waals surface area contributed by atoms with E-state index >= 15 is 0 Å². The summed E-state index contributed by atoms with van der Waals surface area (Å²) in [5.41, 5.74) is 0.176. The number of hydrogen-bond acceptors (Lipinski definition) is 2. The van der Waals surface area contributed by atoms with Crippen LogP contribution in [0.4, 0.5) is 0 Å². The van der Waals surface area contributed by atoms with Crippen LogP contribution in [0, 0.1) is 11.3 Å². The molecule has 0 unspecified atom stereocenters. The minimum Gasteiger partial charge on any atom is -0.314 e. The van der Waals surface area contributed by atoms with E-state index < -0.39 is 7.52 Å². The van der Waals surface area contributed by atoms with Crippen LogP contribution in [-0.2, 0) is 9.09 Å². The van der Waals surface area contributed by atoms with Gasteiger partial charge in [-0.05, 0) is 17.5 Å². The largest absolute Gasteiger partial charge is 0.314 e. The van der Waals surface area contributed by atoms with Crippen LogP contribution in [0.2, 0.25) is 0 Å². The van der Waals surface area contributed by atoms with Gasteiger partial charge in [0.05, 0.1) is 11.9 Å². The van der Waals surface area contributed by atoms with Crippen LogP contribution in [0.25, 0.3) is 0 Å². The van der Waals surface area contributed by atoms with Crippen molar-refractivity contribution in [2.75, 3.05) is 13.2 Å². The number of rotatable bonds is 1. The second-order valence-corrected chi connectivity index (χ2v) is 7.80. The minimum absolute atomic E-state index is 0.176. The van der Waals surface area contributed by atoms with Crippen molar-refractivity contribution < 1.29 is 9.09 Å². The summed E-state index contributed by atoms with van der Waals surface area (Å²) < 4.78 is 18.2. The fourth-order valence-corrected chi connectivity index (χ4v) is 3.71. The molecule has 1 aliphatic heterocycles. The van der Waals surface area contributed by atoms with E-state index in [1.54, 1.807) is 0 Å². The fraction of sp³-hybridized carbons (Fsp3) is 0.538. The summed E-state index contributed by atoms with van der Waals surface area (Å²) in [5.74, 6) is 0.397. The van der Waals surface area contributed by atoms with Gasteiger partial charge in [-0.25, -0.2) is 5.09 Å². The molecular formula is C13H20NO2P. The molecule has 0 saturated carbocycles. The summed E-state index contributed by atoms with van der Waals surface area (Å²) in [7, 11) is -2.82. The highest BCUT2D eigenvalue weighted by atomic mass is 31.2. The molecule has 1 aromatic carbocycles. The van der Waals surface area contributed by atoms with E-state index in [1.807, 2.05) is 30.3 Å². The molecule has 0 aromatic heterocycles. The second-order valence-electron chi connectivity index (χ2n) is 5.61. The van der Waals surface area contributed by atoms with Gasteiger partial charge in [0.25, 0.3) is 7.52 Å². The molecule has 0 aliphatic carbocycles. The Labute approximate surface area is 103 Å². The Morgan fingerprint density at radius 1 is 1.29 bits per heavy atom. The lowest BCUT2D eigenvalue weighted by Gasteiger charge is -2.37. The highest BCUT2D eigenvalue weighted by molar-refractivity contribution is 7.65. The number of nitrogens with one attached hydrogen (secondary N) is 1. The molecule has 17 heavy (non-hydrogen) atoms. The second kappa shape index (κ2) is 4.56. The maximum absolute atomic E-state index is 12.6. The fourth-order valence-electron chi connectivity index (χ4n) is 1.88. The van der Waals surface area contributed by atoms with Crippen molar-refractivity contribution in [1.29, 1.82) is 0 Å². The van der Waals surface area contributed by atoms with Gasteiger partial charge in [0.1, 0.15) is 0 Å². The standard InChI is InChI=1S/C13H20NO2P/c1-13(2,3)11-9-14-17(15,16-10-11)12-7-5-4-6-8-12/h4-8,11H,9-10H2,1-3H3,(H,14,15)/t11-,17-/m0/s1. The molecule has 1 N–H and O–H groups in total. The minimum atomic E-state index is -2.82. The van der Waals surface area contributed by atoms with Gasteiger partial charge in [-0.15, -0.1) is 0 Å². The SMILES string of the molecule is CC(C)(C)[C@H]1CN[P@](=O)(c2ccccc2)OC1. The summed E-state index contributed by atoms with van der Waals surface area (Å²) in [6.07, 6.45) is 0. The van der Waals surface area contributed by atoms with E-state index in [-0.39, 0.29) is 5.41 Å².